The van der Waals surface area contributed by atoms with Crippen molar-refractivity contribution < 1.29 is 22.0 Å². The Balaban J connectivity index is 1.35. The molecule has 0 spiro atoms. The van der Waals surface area contributed by atoms with Crippen molar-refractivity contribution in [2.24, 2.45) is 5.92 Å². The normalized spacial score (nSPS) is 15.9. The number of hydrogen-bond acceptors (Lipinski definition) is 7. The van der Waals surface area contributed by atoms with Crippen LogP contribution in [0.15, 0.2) is 45.8 Å². The largest absolute Gasteiger partial charge is 0.401 e. The molecule has 0 radical (unpaired) electrons. The summed E-state index contributed by atoms with van der Waals surface area (Å²) in [6.07, 6.45) is 2.48. The monoisotopic (exact) mass is 462 g/mol. The molecule has 10 nitrogen and oxygen atoms in total. The first-order valence-electron chi connectivity index (χ1n) is 10.2. The summed E-state index contributed by atoms with van der Waals surface area (Å²) in [6, 6.07) is 6.59. The van der Waals surface area contributed by atoms with Gasteiger partial charge in [-0.05, 0) is 57.0 Å². The molecule has 1 aliphatic rings. The maximum absolute atomic E-state index is 13.1. The van der Waals surface area contributed by atoms with E-state index in [0.29, 0.717) is 18.5 Å². The number of aromatic nitrogens is 4. The van der Waals surface area contributed by atoms with Crippen LogP contribution in [0.1, 0.15) is 32.7 Å². The van der Waals surface area contributed by atoms with E-state index in [0.717, 1.165) is 12.1 Å². The Morgan fingerprint density at radius 3 is 2.47 bits per heavy atom. The van der Waals surface area contributed by atoms with Gasteiger partial charge >= 0.3 is 6.01 Å². The van der Waals surface area contributed by atoms with E-state index in [1.165, 1.54) is 16.4 Å². The van der Waals surface area contributed by atoms with Gasteiger partial charge in [0.15, 0.2) is 0 Å². The second-order valence-electron chi connectivity index (χ2n) is 7.81. The molecule has 12 heteroatoms. The molecule has 0 saturated carbocycles. The van der Waals surface area contributed by atoms with E-state index >= 15 is 0 Å². The maximum Gasteiger partial charge on any atom is 0.322 e. The van der Waals surface area contributed by atoms with Crippen molar-refractivity contribution in [2.75, 3.05) is 18.4 Å². The standard InChI is InChI=1S/C20H23FN6O4S/c1-13(2)27-12-9-17(25-27)19-23-24-20(31-19)22-18(28)14-7-10-26(11-8-14)32(29,30)16-5-3-15(21)4-6-16/h3-6,9,12-14H,7-8,10-11H2,1-2H3,(H,22,24,28). The number of carbonyl (C=O) groups excluding carboxylic acids is 1. The first-order chi connectivity index (χ1) is 15.2. The first kappa shape index (κ1) is 22.1. The number of rotatable bonds is 6. The van der Waals surface area contributed by atoms with Gasteiger partial charge in [0.05, 0.1) is 4.90 Å². The van der Waals surface area contributed by atoms with Gasteiger partial charge in [-0.2, -0.15) is 9.40 Å². The zero-order chi connectivity index (χ0) is 22.9. The number of hydrogen-bond donors (Lipinski definition) is 1. The molecule has 0 bridgehead atoms. The number of amides is 1. The predicted molar refractivity (Wildman–Crippen MR) is 112 cm³/mol. The van der Waals surface area contributed by atoms with Crippen LogP contribution in [0, 0.1) is 11.7 Å². The Labute approximate surface area is 184 Å². The van der Waals surface area contributed by atoms with Gasteiger partial charge in [-0.1, -0.05) is 5.10 Å². The third-order valence-corrected chi connectivity index (χ3v) is 7.20. The van der Waals surface area contributed by atoms with Crippen LogP contribution in [0.3, 0.4) is 0 Å². The Bertz CT molecular complexity index is 1200. The van der Waals surface area contributed by atoms with Crippen molar-refractivity contribution in [3.8, 4) is 11.6 Å². The fourth-order valence-corrected chi connectivity index (χ4v) is 4.91. The minimum Gasteiger partial charge on any atom is -0.401 e. The fourth-order valence-electron chi connectivity index (χ4n) is 3.44. The van der Waals surface area contributed by atoms with Gasteiger partial charge < -0.3 is 4.42 Å². The molecular formula is C20H23FN6O4S. The van der Waals surface area contributed by atoms with Gasteiger partial charge in [-0.15, -0.1) is 5.10 Å². The van der Waals surface area contributed by atoms with Gasteiger partial charge in [0.2, 0.25) is 15.9 Å². The van der Waals surface area contributed by atoms with Gasteiger partial charge in [-0.3, -0.25) is 14.8 Å². The van der Waals surface area contributed by atoms with Gasteiger partial charge in [0, 0.05) is 31.2 Å². The van der Waals surface area contributed by atoms with Crippen LogP contribution in [0.4, 0.5) is 10.4 Å². The molecule has 1 saturated heterocycles. The minimum atomic E-state index is -3.73. The number of halogens is 1. The second kappa shape index (κ2) is 8.79. The Kier molecular flexibility index (Phi) is 6.07. The molecule has 3 heterocycles. The number of nitrogens with one attached hydrogen (secondary N) is 1. The number of nitrogens with zero attached hydrogens (tertiary/aromatic N) is 5. The zero-order valence-electron chi connectivity index (χ0n) is 17.6. The average Bonchev–Trinajstić information content (AvgIpc) is 3.44. The number of piperidine rings is 1. The van der Waals surface area contributed by atoms with E-state index in [4.69, 9.17) is 4.42 Å². The fraction of sp³-hybridized carbons (Fsp3) is 0.400. The highest BCUT2D eigenvalue weighted by Crippen LogP contribution is 2.25. The summed E-state index contributed by atoms with van der Waals surface area (Å²) in [6.45, 7) is 4.35. The molecule has 1 aromatic carbocycles. The van der Waals surface area contributed by atoms with Crippen LogP contribution in [0.5, 0.6) is 0 Å². The summed E-state index contributed by atoms with van der Waals surface area (Å²) in [4.78, 5) is 12.6. The lowest BCUT2D eigenvalue weighted by Gasteiger charge is -2.30. The molecule has 0 atom stereocenters. The van der Waals surface area contributed by atoms with E-state index in [9.17, 15) is 17.6 Å². The van der Waals surface area contributed by atoms with Crippen LogP contribution in [-0.4, -0.2) is 51.7 Å². The molecule has 4 rings (SSSR count). The number of carbonyl (C=O) groups is 1. The van der Waals surface area contributed by atoms with Crippen molar-refractivity contribution >= 4 is 21.9 Å². The summed E-state index contributed by atoms with van der Waals surface area (Å²) in [7, 11) is -3.73. The Hall–Kier alpha value is -3.12. The lowest BCUT2D eigenvalue weighted by Crippen LogP contribution is -2.41. The number of anilines is 1. The van der Waals surface area contributed by atoms with Crippen molar-refractivity contribution in [1.82, 2.24) is 24.3 Å². The average molecular weight is 463 g/mol. The molecule has 1 amide bonds. The molecule has 2 aromatic heterocycles. The third-order valence-electron chi connectivity index (χ3n) is 5.29. The summed E-state index contributed by atoms with van der Waals surface area (Å²) in [5.41, 5.74) is 0.506. The summed E-state index contributed by atoms with van der Waals surface area (Å²) < 4.78 is 47.1. The summed E-state index contributed by atoms with van der Waals surface area (Å²) in [5, 5.41) is 14.7. The molecule has 0 unspecified atom stereocenters. The molecule has 0 aliphatic carbocycles. The molecule has 3 aromatic rings. The first-order valence-corrected chi connectivity index (χ1v) is 11.6. The van der Waals surface area contributed by atoms with Crippen LogP contribution >= 0.6 is 0 Å². The number of sulfonamides is 1. The van der Waals surface area contributed by atoms with Crippen molar-refractivity contribution in [3.05, 3.63) is 42.3 Å². The van der Waals surface area contributed by atoms with Crippen molar-refractivity contribution in [3.63, 3.8) is 0 Å². The molecule has 1 N–H and O–H groups in total. The van der Waals surface area contributed by atoms with Crippen molar-refractivity contribution in [2.45, 2.75) is 37.6 Å². The van der Waals surface area contributed by atoms with Crippen LogP contribution in [0.2, 0.25) is 0 Å². The smallest absolute Gasteiger partial charge is 0.322 e. The van der Waals surface area contributed by atoms with E-state index in [1.807, 2.05) is 13.8 Å². The Morgan fingerprint density at radius 2 is 1.84 bits per heavy atom. The quantitative estimate of drug-likeness (QED) is 0.597. The second-order valence-corrected chi connectivity index (χ2v) is 9.75. The van der Waals surface area contributed by atoms with E-state index in [-0.39, 0.29) is 41.8 Å². The summed E-state index contributed by atoms with van der Waals surface area (Å²) >= 11 is 0. The Morgan fingerprint density at radius 1 is 1.16 bits per heavy atom. The third kappa shape index (κ3) is 4.55. The van der Waals surface area contributed by atoms with Crippen LogP contribution in [0.25, 0.3) is 11.6 Å². The molecular weight excluding hydrogens is 439 g/mol. The van der Waals surface area contributed by atoms with Crippen molar-refractivity contribution in [1.29, 1.82) is 0 Å². The maximum atomic E-state index is 13.1. The van der Waals surface area contributed by atoms with E-state index in [1.54, 1.807) is 16.9 Å². The van der Waals surface area contributed by atoms with Crippen LogP contribution in [-0.2, 0) is 14.8 Å². The zero-order valence-corrected chi connectivity index (χ0v) is 18.4. The van der Waals surface area contributed by atoms with E-state index < -0.39 is 21.8 Å². The highest BCUT2D eigenvalue weighted by Gasteiger charge is 2.32. The lowest BCUT2D eigenvalue weighted by molar-refractivity contribution is -0.121. The van der Waals surface area contributed by atoms with Gasteiger partial charge in [0.25, 0.3) is 5.89 Å². The summed E-state index contributed by atoms with van der Waals surface area (Å²) in [5.74, 6) is -1.02. The van der Waals surface area contributed by atoms with Crippen LogP contribution < -0.4 is 5.32 Å². The molecule has 1 aliphatic heterocycles. The topological polar surface area (TPSA) is 123 Å². The lowest BCUT2D eigenvalue weighted by atomic mass is 9.97. The predicted octanol–water partition coefficient (Wildman–Crippen LogP) is 2.69. The minimum absolute atomic E-state index is 0.0279. The van der Waals surface area contributed by atoms with Gasteiger partial charge in [0.1, 0.15) is 11.5 Å². The number of benzene rings is 1. The molecule has 170 valence electrons. The van der Waals surface area contributed by atoms with E-state index in [2.05, 4.69) is 20.6 Å². The molecule has 32 heavy (non-hydrogen) atoms. The molecule has 1 fully saturated rings. The highest BCUT2D eigenvalue weighted by atomic mass is 32.2. The SMILES string of the molecule is CC(C)n1ccc(-c2nnc(NC(=O)C3CCN(S(=O)(=O)c4ccc(F)cc4)CC3)o2)n1. The van der Waals surface area contributed by atoms with Gasteiger partial charge in [-0.25, -0.2) is 12.8 Å². The highest BCUT2D eigenvalue weighted by molar-refractivity contribution is 7.89.